The van der Waals surface area contributed by atoms with Crippen LogP contribution in [0.5, 0.6) is 0 Å². The average Bonchev–Trinajstić information content (AvgIpc) is 2.85. The molecular formula is C17H20N4O3S. The van der Waals surface area contributed by atoms with Gasteiger partial charge < -0.3 is 10.6 Å². The van der Waals surface area contributed by atoms with Gasteiger partial charge in [0.25, 0.3) is 5.91 Å². The number of sulfone groups is 1. The Morgan fingerprint density at radius 1 is 1.12 bits per heavy atom. The monoisotopic (exact) mass is 360 g/mol. The molecule has 1 fully saturated rings. The summed E-state index contributed by atoms with van der Waals surface area (Å²) in [6, 6.07) is 8.84. The third-order valence-corrected chi connectivity index (χ3v) is 5.73. The van der Waals surface area contributed by atoms with Crippen molar-refractivity contribution in [2.45, 2.75) is 26.3 Å². The Labute approximate surface area is 146 Å². The van der Waals surface area contributed by atoms with E-state index in [1.807, 2.05) is 32.0 Å². The minimum atomic E-state index is -2.95. The molecule has 2 N–H and O–H groups in total. The van der Waals surface area contributed by atoms with Gasteiger partial charge in [0, 0.05) is 11.7 Å². The van der Waals surface area contributed by atoms with Crippen molar-refractivity contribution in [2.75, 3.05) is 22.1 Å². The van der Waals surface area contributed by atoms with E-state index >= 15 is 0 Å². The summed E-state index contributed by atoms with van der Waals surface area (Å²) in [5.74, 6) is 0.413. The van der Waals surface area contributed by atoms with Gasteiger partial charge in [-0.05, 0) is 55.7 Å². The first-order valence-electron chi connectivity index (χ1n) is 8.01. The minimum Gasteiger partial charge on any atom is -0.365 e. The fourth-order valence-corrected chi connectivity index (χ4v) is 4.56. The second-order valence-corrected chi connectivity index (χ2v) is 8.61. The lowest BCUT2D eigenvalue weighted by molar-refractivity contribution is 0.102. The molecule has 1 aliphatic rings. The van der Waals surface area contributed by atoms with Gasteiger partial charge in [0.1, 0.15) is 5.82 Å². The molecule has 0 spiro atoms. The van der Waals surface area contributed by atoms with E-state index in [4.69, 9.17) is 0 Å². The number of aromatic nitrogens is 2. The predicted octanol–water partition coefficient (Wildman–Crippen LogP) is 1.94. The number of rotatable bonds is 4. The summed E-state index contributed by atoms with van der Waals surface area (Å²) >= 11 is 0. The van der Waals surface area contributed by atoms with E-state index in [0.717, 1.165) is 11.1 Å². The Balaban J connectivity index is 1.64. The number of anilines is 2. The van der Waals surface area contributed by atoms with E-state index in [1.54, 1.807) is 12.1 Å². The van der Waals surface area contributed by atoms with E-state index in [1.165, 1.54) is 0 Å². The molecule has 1 unspecified atom stereocenters. The van der Waals surface area contributed by atoms with Gasteiger partial charge in [0.05, 0.1) is 11.5 Å². The van der Waals surface area contributed by atoms with Crippen molar-refractivity contribution in [3.8, 4) is 0 Å². The molecule has 132 valence electrons. The quantitative estimate of drug-likeness (QED) is 0.864. The number of nitrogens with one attached hydrogen (secondary N) is 2. The van der Waals surface area contributed by atoms with Gasteiger partial charge in [0.2, 0.25) is 0 Å². The van der Waals surface area contributed by atoms with Crippen molar-refractivity contribution in [3.63, 3.8) is 0 Å². The average molecular weight is 360 g/mol. The second kappa shape index (κ2) is 6.79. The molecule has 1 atom stereocenters. The van der Waals surface area contributed by atoms with Gasteiger partial charge in [-0.15, -0.1) is 10.2 Å². The van der Waals surface area contributed by atoms with Gasteiger partial charge in [-0.2, -0.15) is 0 Å². The van der Waals surface area contributed by atoms with E-state index in [9.17, 15) is 13.2 Å². The van der Waals surface area contributed by atoms with Crippen molar-refractivity contribution >= 4 is 27.2 Å². The summed E-state index contributed by atoms with van der Waals surface area (Å²) in [4.78, 5) is 12.3. The van der Waals surface area contributed by atoms with Crippen LogP contribution in [-0.2, 0) is 9.84 Å². The lowest BCUT2D eigenvalue weighted by Gasteiger charge is -2.11. The molecular weight excluding hydrogens is 340 g/mol. The molecule has 1 aromatic carbocycles. The van der Waals surface area contributed by atoms with Crippen molar-refractivity contribution in [1.82, 2.24) is 10.2 Å². The van der Waals surface area contributed by atoms with E-state index in [2.05, 4.69) is 20.8 Å². The van der Waals surface area contributed by atoms with Crippen LogP contribution >= 0.6 is 0 Å². The Bertz CT molecular complexity index is 874. The lowest BCUT2D eigenvalue weighted by atomic mass is 10.1. The molecule has 3 rings (SSSR count). The van der Waals surface area contributed by atoms with Crippen molar-refractivity contribution in [2.24, 2.45) is 0 Å². The SMILES string of the molecule is Cc1cc(C)cc(NC(=O)c2ccc(NC3CCS(=O)(=O)C3)nn2)c1. The summed E-state index contributed by atoms with van der Waals surface area (Å²) < 4.78 is 22.9. The van der Waals surface area contributed by atoms with Crippen LogP contribution in [0.25, 0.3) is 0 Å². The molecule has 1 aliphatic heterocycles. The second-order valence-electron chi connectivity index (χ2n) is 6.38. The van der Waals surface area contributed by atoms with Crippen LogP contribution in [0.1, 0.15) is 28.0 Å². The maximum atomic E-state index is 12.3. The molecule has 1 aromatic heterocycles. The summed E-state index contributed by atoms with van der Waals surface area (Å²) in [7, 11) is -2.95. The normalized spacial score (nSPS) is 18.7. The molecule has 0 bridgehead atoms. The molecule has 8 heteroatoms. The zero-order chi connectivity index (χ0) is 18.0. The van der Waals surface area contributed by atoms with Gasteiger partial charge in [-0.25, -0.2) is 8.42 Å². The Morgan fingerprint density at radius 2 is 1.84 bits per heavy atom. The molecule has 0 aliphatic carbocycles. The highest BCUT2D eigenvalue weighted by molar-refractivity contribution is 7.91. The molecule has 2 aromatic rings. The van der Waals surface area contributed by atoms with Gasteiger partial charge in [-0.1, -0.05) is 6.07 Å². The van der Waals surface area contributed by atoms with Gasteiger partial charge >= 0.3 is 0 Å². The number of hydrogen-bond acceptors (Lipinski definition) is 6. The van der Waals surface area contributed by atoms with Crippen LogP contribution in [0.15, 0.2) is 30.3 Å². The number of hydrogen-bond donors (Lipinski definition) is 2. The number of benzene rings is 1. The topological polar surface area (TPSA) is 101 Å². The molecule has 2 heterocycles. The maximum Gasteiger partial charge on any atom is 0.276 e. The highest BCUT2D eigenvalue weighted by Gasteiger charge is 2.28. The first-order valence-corrected chi connectivity index (χ1v) is 9.83. The number of amides is 1. The van der Waals surface area contributed by atoms with Crippen LogP contribution in [0, 0.1) is 13.8 Å². The predicted molar refractivity (Wildman–Crippen MR) is 96.6 cm³/mol. The van der Waals surface area contributed by atoms with Gasteiger partial charge in [0.15, 0.2) is 15.5 Å². The van der Waals surface area contributed by atoms with Crippen molar-refractivity contribution < 1.29 is 13.2 Å². The van der Waals surface area contributed by atoms with Crippen LogP contribution in [0.3, 0.4) is 0 Å². The number of carbonyl (C=O) groups is 1. The maximum absolute atomic E-state index is 12.3. The summed E-state index contributed by atoms with van der Waals surface area (Å²) in [5.41, 5.74) is 3.03. The molecule has 25 heavy (non-hydrogen) atoms. The number of aryl methyl sites for hydroxylation is 2. The van der Waals surface area contributed by atoms with E-state index in [-0.39, 0.29) is 29.1 Å². The Morgan fingerprint density at radius 3 is 2.40 bits per heavy atom. The Kier molecular flexibility index (Phi) is 4.71. The highest BCUT2D eigenvalue weighted by atomic mass is 32.2. The summed E-state index contributed by atoms with van der Waals surface area (Å²) in [6.07, 6.45) is 0.555. The zero-order valence-electron chi connectivity index (χ0n) is 14.1. The first-order chi connectivity index (χ1) is 11.8. The fraction of sp³-hybridized carbons (Fsp3) is 0.353. The fourth-order valence-electron chi connectivity index (χ4n) is 2.89. The zero-order valence-corrected chi connectivity index (χ0v) is 14.9. The third-order valence-electron chi connectivity index (χ3n) is 3.96. The van der Waals surface area contributed by atoms with Crippen molar-refractivity contribution in [3.05, 3.63) is 47.2 Å². The van der Waals surface area contributed by atoms with E-state index < -0.39 is 9.84 Å². The van der Waals surface area contributed by atoms with Gasteiger partial charge in [-0.3, -0.25) is 4.79 Å². The van der Waals surface area contributed by atoms with E-state index in [0.29, 0.717) is 17.9 Å². The molecule has 0 saturated carbocycles. The largest absolute Gasteiger partial charge is 0.365 e. The number of carbonyl (C=O) groups excluding carboxylic acids is 1. The Hall–Kier alpha value is -2.48. The number of nitrogens with zero attached hydrogens (tertiary/aromatic N) is 2. The molecule has 1 amide bonds. The summed E-state index contributed by atoms with van der Waals surface area (Å²) in [5, 5.41) is 13.7. The van der Waals surface area contributed by atoms with Crippen LogP contribution < -0.4 is 10.6 Å². The lowest BCUT2D eigenvalue weighted by Crippen LogP contribution is -2.22. The standard InChI is InChI=1S/C17H20N4O3S/c1-11-7-12(2)9-14(8-11)19-17(22)15-3-4-16(21-20-15)18-13-5-6-25(23,24)10-13/h3-4,7-9,13H,5-6,10H2,1-2H3,(H,18,21)(H,19,22). The van der Waals surface area contributed by atoms with Crippen LogP contribution in [0.2, 0.25) is 0 Å². The van der Waals surface area contributed by atoms with Crippen LogP contribution in [0.4, 0.5) is 11.5 Å². The van der Waals surface area contributed by atoms with Crippen LogP contribution in [-0.4, -0.2) is 42.1 Å². The third kappa shape index (κ3) is 4.54. The summed E-state index contributed by atoms with van der Waals surface area (Å²) in [6.45, 7) is 3.93. The highest BCUT2D eigenvalue weighted by Crippen LogP contribution is 2.17. The first kappa shape index (κ1) is 17.3. The smallest absolute Gasteiger partial charge is 0.276 e. The molecule has 7 nitrogen and oxygen atoms in total. The van der Waals surface area contributed by atoms with Crippen molar-refractivity contribution in [1.29, 1.82) is 0 Å². The molecule has 0 radical (unpaired) electrons. The minimum absolute atomic E-state index is 0.101. The molecule has 1 saturated heterocycles.